The normalized spacial score (nSPS) is 17.9. The van der Waals surface area contributed by atoms with Crippen LogP contribution in [0.4, 0.5) is 5.82 Å². The minimum absolute atomic E-state index is 1.07. The second kappa shape index (κ2) is 4.42. The Morgan fingerprint density at radius 3 is 3.14 bits per heavy atom. The summed E-state index contributed by atoms with van der Waals surface area (Å²) in [5, 5.41) is 3.39. The number of nitrogens with one attached hydrogen (secondary N) is 1. The van der Waals surface area contributed by atoms with Crippen LogP contribution in [0, 0.1) is 6.92 Å². The van der Waals surface area contributed by atoms with Crippen molar-refractivity contribution in [1.82, 2.24) is 10.3 Å². The molecule has 0 bridgehead atoms. The molecule has 0 saturated carbocycles. The maximum absolute atomic E-state index is 4.40. The highest BCUT2D eigenvalue weighted by Crippen LogP contribution is 2.12. The summed E-state index contributed by atoms with van der Waals surface area (Å²) >= 11 is 0. The fraction of sp³-hybridized carbons (Fsp3) is 0.545. The molecule has 76 valence electrons. The number of hydrogen-bond acceptors (Lipinski definition) is 3. The molecule has 14 heavy (non-hydrogen) atoms. The number of aryl methyl sites for hydroxylation is 1. The van der Waals surface area contributed by atoms with Crippen molar-refractivity contribution in [2.24, 2.45) is 0 Å². The van der Waals surface area contributed by atoms with Gasteiger partial charge in [0, 0.05) is 25.8 Å². The molecule has 1 saturated heterocycles. The van der Waals surface area contributed by atoms with E-state index in [1.807, 2.05) is 12.3 Å². The van der Waals surface area contributed by atoms with E-state index in [9.17, 15) is 0 Å². The minimum atomic E-state index is 1.07. The van der Waals surface area contributed by atoms with Crippen LogP contribution in [-0.4, -0.2) is 31.2 Å². The van der Waals surface area contributed by atoms with E-state index in [1.54, 1.807) is 0 Å². The van der Waals surface area contributed by atoms with E-state index in [2.05, 4.69) is 28.2 Å². The molecule has 0 radical (unpaired) electrons. The molecule has 3 nitrogen and oxygen atoms in total. The van der Waals surface area contributed by atoms with Gasteiger partial charge in [0.25, 0.3) is 0 Å². The fourth-order valence-corrected chi connectivity index (χ4v) is 1.77. The predicted molar refractivity (Wildman–Crippen MR) is 58.7 cm³/mol. The summed E-state index contributed by atoms with van der Waals surface area (Å²) in [6, 6.07) is 4.20. The van der Waals surface area contributed by atoms with Gasteiger partial charge in [-0.3, -0.25) is 0 Å². The molecular weight excluding hydrogens is 174 g/mol. The number of rotatable bonds is 1. The highest BCUT2D eigenvalue weighted by atomic mass is 15.2. The van der Waals surface area contributed by atoms with Gasteiger partial charge in [-0.05, 0) is 37.6 Å². The van der Waals surface area contributed by atoms with Gasteiger partial charge in [0.05, 0.1) is 0 Å². The van der Waals surface area contributed by atoms with Crippen molar-refractivity contribution in [2.75, 3.05) is 31.1 Å². The van der Waals surface area contributed by atoms with E-state index in [4.69, 9.17) is 0 Å². The number of pyridine rings is 1. The zero-order valence-electron chi connectivity index (χ0n) is 8.66. The van der Waals surface area contributed by atoms with Crippen LogP contribution in [0.2, 0.25) is 0 Å². The predicted octanol–water partition coefficient (Wildman–Crippen LogP) is 1.19. The Morgan fingerprint density at radius 1 is 1.36 bits per heavy atom. The van der Waals surface area contributed by atoms with E-state index in [0.717, 1.165) is 32.0 Å². The molecule has 0 amide bonds. The van der Waals surface area contributed by atoms with Crippen molar-refractivity contribution >= 4 is 5.82 Å². The zero-order chi connectivity index (χ0) is 9.80. The molecule has 1 fully saturated rings. The van der Waals surface area contributed by atoms with Gasteiger partial charge >= 0.3 is 0 Å². The summed E-state index contributed by atoms with van der Waals surface area (Å²) in [5.41, 5.74) is 1.28. The van der Waals surface area contributed by atoms with Crippen LogP contribution >= 0.6 is 0 Å². The van der Waals surface area contributed by atoms with Crippen LogP contribution < -0.4 is 10.2 Å². The average Bonchev–Trinajstić information content (AvgIpc) is 2.45. The Morgan fingerprint density at radius 2 is 2.29 bits per heavy atom. The molecule has 0 spiro atoms. The van der Waals surface area contributed by atoms with Crippen molar-refractivity contribution in [3.05, 3.63) is 23.9 Å². The first-order chi connectivity index (χ1) is 6.86. The molecule has 2 rings (SSSR count). The lowest BCUT2D eigenvalue weighted by Crippen LogP contribution is -2.28. The smallest absolute Gasteiger partial charge is 0.128 e. The lowest BCUT2D eigenvalue weighted by Gasteiger charge is -2.21. The van der Waals surface area contributed by atoms with Crippen LogP contribution in [-0.2, 0) is 0 Å². The molecule has 0 aliphatic carbocycles. The first-order valence-corrected chi connectivity index (χ1v) is 5.24. The summed E-state index contributed by atoms with van der Waals surface area (Å²) in [6.45, 7) is 6.49. The summed E-state index contributed by atoms with van der Waals surface area (Å²) < 4.78 is 0. The Balaban J connectivity index is 2.12. The Hall–Kier alpha value is -1.09. The second-order valence-corrected chi connectivity index (χ2v) is 3.78. The second-order valence-electron chi connectivity index (χ2n) is 3.78. The van der Waals surface area contributed by atoms with Gasteiger partial charge in [0.15, 0.2) is 0 Å². The number of aromatic nitrogens is 1. The fourth-order valence-electron chi connectivity index (χ4n) is 1.77. The molecule has 0 aromatic carbocycles. The standard InChI is InChI=1S/C11H17N3/c1-10-3-5-13-11(9-10)14-7-2-4-12-6-8-14/h3,5,9,12H,2,4,6-8H2,1H3. The molecule has 0 unspecified atom stereocenters. The molecular formula is C11H17N3. The van der Waals surface area contributed by atoms with E-state index in [1.165, 1.54) is 12.0 Å². The van der Waals surface area contributed by atoms with Gasteiger partial charge < -0.3 is 10.2 Å². The first kappa shape index (κ1) is 9.46. The topological polar surface area (TPSA) is 28.2 Å². The van der Waals surface area contributed by atoms with Gasteiger partial charge in [-0.25, -0.2) is 4.98 Å². The summed E-state index contributed by atoms with van der Waals surface area (Å²) in [7, 11) is 0. The van der Waals surface area contributed by atoms with Gasteiger partial charge in [-0.2, -0.15) is 0 Å². The molecule has 1 aliphatic rings. The third kappa shape index (κ3) is 2.23. The molecule has 1 N–H and O–H groups in total. The highest BCUT2D eigenvalue weighted by Gasteiger charge is 2.09. The number of nitrogens with zero attached hydrogens (tertiary/aromatic N) is 2. The van der Waals surface area contributed by atoms with Crippen LogP contribution in [0.3, 0.4) is 0 Å². The number of hydrogen-bond donors (Lipinski definition) is 1. The van der Waals surface area contributed by atoms with Crippen LogP contribution in [0.15, 0.2) is 18.3 Å². The van der Waals surface area contributed by atoms with Gasteiger partial charge in [-0.15, -0.1) is 0 Å². The lowest BCUT2D eigenvalue weighted by atomic mass is 10.3. The van der Waals surface area contributed by atoms with E-state index < -0.39 is 0 Å². The average molecular weight is 191 g/mol. The van der Waals surface area contributed by atoms with Crippen molar-refractivity contribution in [3.8, 4) is 0 Å². The summed E-state index contributed by atoms with van der Waals surface area (Å²) in [5.74, 6) is 1.12. The van der Waals surface area contributed by atoms with Crippen LogP contribution in [0.25, 0.3) is 0 Å². The summed E-state index contributed by atoms with van der Waals surface area (Å²) in [4.78, 5) is 6.76. The SMILES string of the molecule is Cc1ccnc(N2CCCNCC2)c1. The lowest BCUT2D eigenvalue weighted by molar-refractivity contribution is 0.724. The molecule has 1 aromatic rings. The third-order valence-corrected chi connectivity index (χ3v) is 2.57. The van der Waals surface area contributed by atoms with Gasteiger partial charge in [0.2, 0.25) is 0 Å². The molecule has 0 atom stereocenters. The zero-order valence-corrected chi connectivity index (χ0v) is 8.66. The quantitative estimate of drug-likeness (QED) is 0.722. The maximum Gasteiger partial charge on any atom is 0.128 e. The molecule has 1 aromatic heterocycles. The largest absolute Gasteiger partial charge is 0.355 e. The van der Waals surface area contributed by atoms with Crippen molar-refractivity contribution in [1.29, 1.82) is 0 Å². The van der Waals surface area contributed by atoms with Gasteiger partial charge in [-0.1, -0.05) is 0 Å². The molecule has 2 heterocycles. The number of anilines is 1. The minimum Gasteiger partial charge on any atom is -0.355 e. The van der Waals surface area contributed by atoms with E-state index >= 15 is 0 Å². The van der Waals surface area contributed by atoms with Crippen LogP contribution in [0.5, 0.6) is 0 Å². The maximum atomic E-state index is 4.40. The van der Waals surface area contributed by atoms with Crippen molar-refractivity contribution in [3.63, 3.8) is 0 Å². The first-order valence-electron chi connectivity index (χ1n) is 5.24. The Bertz CT molecular complexity index is 290. The molecule has 3 heteroatoms. The van der Waals surface area contributed by atoms with Crippen molar-refractivity contribution < 1.29 is 0 Å². The summed E-state index contributed by atoms with van der Waals surface area (Å²) in [6.07, 6.45) is 3.10. The van der Waals surface area contributed by atoms with Crippen LogP contribution in [0.1, 0.15) is 12.0 Å². The molecule has 1 aliphatic heterocycles. The monoisotopic (exact) mass is 191 g/mol. The van der Waals surface area contributed by atoms with Crippen molar-refractivity contribution in [2.45, 2.75) is 13.3 Å². The van der Waals surface area contributed by atoms with E-state index in [-0.39, 0.29) is 0 Å². The van der Waals surface area contributed by atoms with E-state index in [0.29, 0.717) is 0 Å². The Kier molecular flexibility index (Phi) is 2.99. The van der Waals surface area contributed by atoms with Gasteiger partial charge in [0.1, 0.15) is 5.82 Å². The highest BCUT2D eigenvalue weighted by molar-refractivity contribution is 5.40. The Labute approximate surface area is 85.1 Å². The third-order valence-electron chi connectivity index (χ3n) is 2.57.